The summed E-state index contributed by atoms with van der Waals surface area (Å²) in [5.74, 6) is -2.50. The fraction of sp³-hybridized carbons (Fsp3) is 0.889. The first kappa shape index (κ1) is 18.8. The number of rotatable bonds is 2. The van der Waals surface area contributed by atoms with Gasteiger partial charge in [0, 0.05) is 0 Å². The van der Waals surface area contributed by atoms with E-state index in [2.05, 4.69) is 4.74 Å². The van der Waals surface area contributed by atoms with Gasteiger partial charge in [-0.3, -0.25) is 4.79 Å². The lowest BCUT2D eigenvalue weighted by molar-refractivity contribution is -0.446. The summed E-state index contributed by atoms with van der Waals surface area (Å²) in [5.41, 5.74) is -6.67. The Morgan fingerprint density at radius 3 is 1.64 bits per heavy atom. The normalized spacial score (nSPS) is 24.5. The number of hydrogen-bond acceptors (Lipinski definition) is 4. The molecule has 1 aliphatic heterocycles. The molecule has 1 aliphatic rings. The molecule has 0 saturated carbocycles. The summed E-state index contributed by atoms with van der Waals surface area (Å²) in [6.45, 7) is -0.196. The largest absolute Gasteiger partial charge is 0.447 e. The van der Waals surface area contributed by atoms with Crippen LogP contribution in [0.2, 0.25) is 0 Å². The van der Waals surface area contributed by atoms with E-state index in [9.17, 15) is 44.3 Å². The maximum atomic E-state index is 12.5. The molecule has 13 heteroatoms. The topological polar surface area (TPSA) is 58.6 Å². The first-order chi connectivity index (χ1) is 9.65. The van der Waals surface area contributed by atoms with Gasteiger partial charge in [-0.15, -0.1) is 0 Å². The molecule has 2 atom stereocenters. The number of hydrogen-bond donors (Lipinski definition) is 2. The molecule has 22 heavy (non-hydrogen) atoms. The van der Waals surface area contributed by atoms with Gasteiger partial charge in [0.1, 0.15) is 6.04 Å². The molecule has 1 saturated heterocycles. The molecule has 0 radical (unpaired) electrons. The number of carbonyl (C=O) groups excluding carboxylic acids is 1. The zero-order chi connectivity index (χ0) is 17.6. The first-order valence-corrected chi connectivity index (χ1v) is 5.49. The highest BCUT2D eigenvalue weighted by Gasteiger charge is 2.87. The first-order valence-electron chi connectivity index (χ1n) is 5.49. The van der Waals surface area contributed by atoms with Crippen LogP contribution in [0.5, 0.6) is 0 Å². The molecule has 0 amide bonds. The predicted octanol–water partition coefficient (Wildman–Crippen LogP) is 1.68. The molecule has 130 valence electrons. The van der Waals surface area contributed by atoms with E-state index in [-0.39, 0.29) is 13.0 Å². The minimum Gasteiger partial charge on any atom is -0.431 e. The van der Waals surface area contributed by atoms with Crippen molar-refractivity contribution in [1.29, 1.82) is 0 Å². The predicted molar refractivity (Wildman–Crippen MR) is 49.4 cm³/mol. The molecule has 2 N–H and O–H groups in total. The molecular formula is C9H8F9NO3. The van der Waals surface area contributed by atoms with Crippen molar-refractivity contribution in [1.82, 2.24) is 5.32 Å². The molecule has 1 fully saturated rings. The Morgan fingerprint density at radius 1 is 0.955 bits per heavy atom. The summed E-state index contributed by atoms with van der Waals surface area (Å²) in [5, 5.41) is 11.1. The summed E-state index contributed by atoms with van der Waals surface area (Å²) in [4.78, 5) is 11.3. The van der Waals surface area contributed by atoms with Crippen LogP contribution in [0.15, 0.2) is 0 Å². The summed E-state index contributed by atoms with van der Waals surface area (Å²) in [6.07, 6.45) is -23.0. The molecule has 1 rings (SSSR count). The Labute approximate surface area is 116 Å². The lowest BCUT2D eigenvalue weighted by Gasteiger charge is -2.38. The highest BCUT2D eigenvalue weighted by Crippen LogP contribution is 2.55. The second-order valence-corrected chi connectivity index (χ2v) is 4.38. The van der Waals surface area contributed by atoms with Gasteiger partial charge in [-0.05, 0) is 13.0 Å². The highest BCUT2D eigenvalue weighted by molar-refractivity contribution is 5.77. The van der Waals surface area contributed by atoms with Crippen molar-refractivity contribution in [2.45, 2.75) is 42.7 Å². The van der Waals surface area contributed by atoms with Crippen LogP contribution in [0, 0.1) is 0 Å². The number of carbonyl (C=O) groups is 1. The van der Waals surface area contributed by atoms with Crippen molar-refractivity contribution in [3.8, 4) is 0 Å². The summed E-state index contributed by atoms with van der Waals surface area (Å²) >= 11 is 0. The van der Waals surface area contributed by atoms with Gasteiger partial charge in [-0.1, -0.05) is 0 Å². The van der Waals surface area contributed by atoms with Crippen molar-refractivity contribution in [2.75, 3.05) is 6.54 Å². The molecular weight excluding hydrogens is 341 g/mol. The van der Waals surface area contributed by atoms with Crippen molar-refractivity contribution in [3.63, 3.8) is 0 Å². The standard InChI is InChI=1S/C9H8F9NO3/c10-7(11,12)6(8(13,14)15,9(16,17)18)22-5(21)4-3(20)1-2-19-4/h3-4,19-20H,1-2H2/t3?,4-/m0/s1. The highest BCUT2D eigenvalue weighted by atomic mass is 19.4. The smallest absolute Gasteiger partial charge is 0.431 e. The summed E-state index contributed by atoms with van der Waals surface area (Å²) in [7, 11) is 0. The molecule has 0 bridgehead atoms. The van der Waals surface area contributed by atoms with Crippen LogP contribution in [0.25, 0.3) is 0 Å². The lowest BCUT2D eigenvalue weighted by Crippen LogP contribution is -2.69. The van der Waals surface area contributed by atoms with E-state index < -0.39 is 42.2 Å². The third kappa shape index (κ3) is 2.95. The van der Waals surface area contributed by atoms with Gasteiger partial charge in [0.05, 0.1) is 6.10 Å². The van der Waals surface area contributed by atoms with Crippen LogP contribution in [0.1, 0.15) is 6.42 Å². The molecule has 4 nitrogen and oxygen atoms in total. The third-order valence-corrected chi connectivity index (χ3v) is 2.89. The molecule has 0 aromatic carbocycles. The van der Waals surface area contributed by atoms with Gasteiger partial charge in [0.25, 0.3) is 0 Å². The minimum atomic E-state index is -7.00. The van der Waals surface area contributed by atoms with Crippen LogP contribution < -0.4 is 5.32 Å². The van der Waals surface area contributed by atoms with E-state index >= 15 is 0 Å². The Kier molecular flexibility index (Phi) is 4.65. The fourth-order valence-corrected chi connectivity index (χ4v) is 1.80. The lowest BCUT2D eigenvalue weighted by atomic mass is 10.0. The van der Waals surface area contributed by atoms with Gasteiger partial charge in [-0.2, -0.15) is 39.5 Å². The Morgan fingerprint density at radius 2 is 1.36 bits per heavy atom. The second-order valence-electron chi connectivity index (χ2n) is 4.38. The molecule has 0 spiro atoms. The van der Waals surface area contributed by atoms with Crippen molar-refractivity contribution in [3.05, 3.63) is 0 Å². The average Bonchev–Trinajstić information content (AvgIpc) is 2.66. The Bertz CT molecular complexity index is 391. The van der Waals surface area contributed by atoms with Crippen LogP contribution in [0.3, 0.4) is 0 Å². The average molecular weight is 349 g/mol. The third-order valence-electron chi connectivity index (χ3n) is 2.89. The number of halogens is 9. The number of esters is 1. The number of aliphatic hydroxyl groups excluding tert-OH is 1. The number of alkyl halides is 9. The van der Waals surface area contributed by atoms with Crippen LogP contribution >= 0.6 is 0 Å². The van der Waals surface area contributed by atoms with Crippen molar-refractivity contribution < 1.29 is 54.2 Å². The molecule has 1 heterocycles. The number of ether oxygens (including phenoxy) is 1. The van der Waals surface area contributed by atoms with Gasteiger partial charge in [0.2, 0.25) is 0 Å². The Balaban J connectivity index is 3.30. The maximum absolute atomic E-state index is 12.5. The molecule has 0 aromatic rings. The van der Waals surface area contributed by atoms with Gasteiger partial charge in [0.15, 0.2) is 0 Å². The van der Waals surface area contributed by atoms with Gasteiger partial charge >= 0.3 is 30.1 Å². The monoisotopic (exact) mass is 349 g/mol. The fourth-order valence-electron chi connectivity index (χ4n) is 1.80. The van der Waals surface area contributed by atoms with Crippen molar-refractivity contribution >= 4 is 5.97 Å². The van der Waals surface area contributed by atoms with E-state index in [1.807, 2.05) is 5.32 Å². The quantitative estimate of drug-likeness (QED) is 0.588. The van der Waals surface area contributed by atoms with E-state index in [1.165, 1.54) is 0 Å². The number of aliphatic hydroxyl groups is 1. The SMILES string of the molecule is O=C(OC(C(F)(F)F)(C(F)(F)F)C(F)(F)F)[C@H]1NCCC1O. The summed E-state index contributed by atoms with van der Waals surface area (Å²) < 4.78 is 115. The molecule has 0 aromatic heterocycles. The van der Waals surface area contributed by atoms with Gasteiger partial charge < -0.3 is 15.2 Å². The van der Waals surface area contributed by atoms with Crippen LogP contribution in [-0.4, -0.2) is 53.9 Å². The zero-order valence-corrected chi connectivity index (χ0v) is 10.2. The second kappa shape index (κ2) is 5.44. The van der Waals surface area contributed by atoms with E-state index in [0.29, 0.717) is 0 Å². The zero-order valence-electron chi connectivity index (χ0n) is 10.2. The number of nitrogens with one attached hydrogen (secondary N) is 1. The van der Waals surface area contributed by atoms with Crippen LogP contribution in [0.4, 0.5) is 39.5 Å². The van der Waals surface area contributed by atoms with E-state index in [1.54, 1.807) is 0 Å². The van der Waals surface area contributed by atoms with Crippen molar-refractivity contribution in [2.24, 2.45) is 0 Å². The maximum Gasteiger partial charge on any atom is 0.447 e. The van der Waals surface area contributed by atoms with Crippen LogP contribution in [-0.2, 0) is 9.53 Å². The minimum absolute atomic E-state index is 0.196. The van der Waals surface area contributed by atoms with Gasteiger partial charge in [-0.25, -0.2) is 0 Å². The van der Waals surface area contributed by atoms with E-state index in [0.717, 1.165) is 0 Å². The molecule has 0 aliphatic carbocycles. The molecule has 1 unspecified atom stereocenters. The summed E-state index contributed by atoms with van der Waals surface area (Å²) in [6, 6.07) is -2.12. The Hall–Kier alpha value is -1.24. The van der Waals surface area contributed by atoms with E-state index in [4.69, 9.17) is 5.11 Å².